The normalized spacial score (nSPS) is 11.7. The molecule has 0 saturated heterocycles. The Labute approximate surface area is 139 Å². The molecule has 1 aromatic carbocycles. The molecule has 0 atom stereocenters. The lowest BCUT2D eigenvalue weighted by atomic mass is 10.0. The van der Waals surface area contributed by atoms with Crippen LogP contribution < -0.4 is 0 Å². The lowest BCUT2D eigenvalue weighted by molar-refractivity contribution is -0.137. The number of nitrogens with zero attached hydrogens (tertiary/aromatic N) is 2. The van der Waals surface area contributed by atoms with Crippen molar-refractivity contribution in [3.8, 4) is 11.5 Å². The number of benzene rings is 1. The highest BCUT2D eigenvalue weighted by Crippen LogP contribution is 2.33. The van der Waals surface area contributed by atoms with Crippen LogP contribution in [-0.4, -0.2) is 21.5 Å². The summed E-state index contributed by atoms with van der Waals surface area (Å²) in [7, 11) is 0. The minimum atomic E-state index is -4.50. The molecule has 3 aromatic rings. The molecular formula is C17H11F3N2O3. The van der Waals surface area contributed by atoms with Gasteiger partial charge in [0, 0.05) is 18.8 Å². The Bertz CT molecular complexity index is 977. The quantitative estimate of drug-likeness (QED) is 0.525. The van der Waals surface area contributed by atoms with E-state index in [9.17, 15) is 22.8 Å². The number of alkyl halides is 3. The molecule has 0 amide bonds. The second-order valence-electron chi connectivity index (χ2n) is 5.23. The molecule has 0 spiro atoms. The Balaban J connectivity index is 2.11. The standard InChI is InChI=1S/C17H11F3N2O3/c1-2-13(23)15(24)11-8-21-6-5-10(11)16-22-12-7-9(17(18,19)20)3-4-14(12)25-16/h3-8H,2H2,1H3. The molecule has 0 aliphatic rings. The summed E-state index contributed by atoms with van der Waals surface area (Å²) in [4.78, 5) is 31.7. The summed E-state index contributed by atoms with van der Waals surface area (Å²) in [5, 5.41) is 0. The molecule has 0 fully saturated rings. The van der Waals surface area contributed by atoms with Gasteiger partial charge in [-0.25, -0.2) is 4.98 Å². The van der Waals surface area contributed by atoms with E-state index in [2.05, 4.69) is 9.97 Å². The van der Waals surface area contributed by atoms with Crippen molar-refractivity contribution in [3.63, 3.8) is 0 Å². The van der Waals surface area contributed by atoms with Gasteiger partial charge >= 0.3 is 6.18 Å². The number of pyridine rings is 1. The van der Waals surface area contributed by atoms with E-state index in [0.717, 1.165) is 18.2 Å². The van der Waals surface area contributed by atoms with Gasteiger partial charge in [-0.05, 0) is 24.3 Å². The summed E-state index contributed by atoms with van der Waals surface area (Å²) in [5.41, 5.74) is -0.516. The van der Waals surface area contributed by atoms with Gasteiger partial charge < -0.3 is 4.42 Å². The maximum absolute atomic E-state index is 12.8. The van der Waals surface area contributed by atoms with Crippen LogP contribution in [0.3, 0.4) is 0 Å². The first-order valence-corrected chi connectivity index (χ1v) is 7.31. The summed E-state index contributed by atoms with van der Waals surface area (Å²) < 4.78 is 43.8. The number of aromatic nitrogens is 2. The Morgan fingerprint density at radius 3 is 2.64 bits per heavy atom. The van der Waals surface area contributed by atoms with E-state index in [-0.39, 0.29) is 34.5 Å². The van der Waals surface area contributed by atoms with E-state index < -0.39 is 23.3 Å². The molecule has 25 heavy (non-hydrogen) atoms. The van der Waals surface area contributed by atoms with Crippen LogP contribution in [0.1, 0.15) is 29.3 Å². The van der Waals surface area contributed by atoms with E-state index in [1.165, 1.54) is 18.5 Å². The number of Topliss-reactive ketones (excluding diaryl/α,β-unsaturated/α-hetero) is 2. The third-order valence-electron chi connectivity index (χ3n) is 3.59. The van der Waals surface area contributed by atoms with Gasteiger partial charge in [-0.1, -0.05) is 6.92 Å². The fourth-order valence-electron chi connectivity index (χ4n) is 2.29. The minimum absolute atomic E-state index is 0.00172. The third kappa shape index (κ3) is 3.15. The molecular weight excluding hydrogens is 337 g/mol. The van der Waals surface area contributed by atoms with Crippen LogP contribution in [0, 0.1) is 0 Å². The van der Waals surface area contributed by atoms with Crippen LogP contribution in [0.15, 0.2) is 41.1 Å². The highest BCUT2D eigenvalue weighted by atomic mass is 19.4. The van der Waals surface area contributed by atoms with Crippen molar-refractivity contribution < 1.29 is 27.2 Å². The number of fused-ring (bicyclic) bond motifs is 1. The second kappa shape index (κ2) is 6.12. The van der Waals surface area contributed by atoms with Gasteiger partial charge in [0.2, 0.25) is 17.5 Å². The Hall–Kier alpha value is -3.03. The average Bonchev–Trinajstić information content (AvgIpc) is 3.02. The fraction of sp³-hybridized carbons (Fsp3) is 0.176. The van der Waals surface area contributed by atoms with Crippen molar-refractivity contribution in [1.29, 1.82) is 0 Å². The second-order valence-corrected chi connectivity index (χ2v) is 5.23. The topological polar surface area (TPSA) is 73.1 Å². The van der Waals surface area contributed by atoms with E-state index >= 15 is 0 Å². The highest BCUT2D eigenvalue weighted by Gasteiger charge is 2.31. The number of carbonyl (C=O) groups excluding carboxylic acids is 2. The molecule has 0 aliphatic carbocycles. The first-order chi connectivity index (χ1) is 11.8. The first-order valence-electron chi connectivity index (χ1n) is 7.31. The fourth-order valence-corrected chi connectivity index (χ4v) is 2.29. The van der Waals surface area contributed by atoms with E-state index in [4.69, 9.17) is 4.42 Å². The number of hydrogen-bond acceptors (Lipinski definition) is 5. The number of rotatable bonds is 4. The average molecular weight is 348 g/mol. The largest absolute Gasteiger partial charge is 0.436 e. The van der Waals surface area contributed by atoms with Crippen LogP contribution in [0.25, 0.3) is 22.6 Å². The minimum Gasteiger partial charge on any atom is -0.436 e. The van der Waals surface area contributed by atoms with Crippen molar-refractivity contribution in [3.05, 3.63) is 47.8 Å². The molecule has 0 unspecified atom stereocenters. The van der Waals surface area contributed by atoms with E-state index in [1.54, 1.807) is 6.92 Å². The summed E-state index contributed by atoms with van der Waals surface area (Å²) >= 11 is 0. The van der Waals surface area contributed by atoms with E-state index in [0.29, 0.717) is 0 Å². The van der Waals surface area contributed by atoms with Gasteiger partial charge in [0.25, 0.3) is 0 Å². The summed E-state index contributed by atoms with van der Waals surface area (Å²) in [6.45, 7) is 1.55. The zero-order chi connectivity index (χ0) is 18.2. The van der Waals surface area contributed by atoms with Gasteiger partial charge in [-0.2, -0.15) is 13.2 Å². The molecule has 0 N–H and O–H groups in total. The monoisotopic (exact) mass is 348 g/mol. The molecule has 0 radical (unpaired) electrons. The van der Waals surface area contributed by atoms with Crippen molar-refractivity contribution in [2.45, 2.75) is 19.5 Å². The SMILES string of the molecule is CCC(=O)C(=O)c1cnccc1-c1nc2cc(C(F)(F)F)ccc2o1. The molecule has 0 saturated carbocycles. The van der Waals surface area contributed by atoms with Crippen molar-refractivity contribution >= 4 is 22.7 Å². The van der Waals surface area contributed by atoms with Crippen LogP contribution in [0.2, 0.25) is 0 Å². The molecule has 0 bridgehead atoms. The van der Waals surface area contributed by atoms with Gasteiger partial charge in [0.15, 0.2) is 5.58 Å². The molecule has 0 aliphatic heterocycles. The zero-order valence-electron chi connectivity index (χ0n) is 12.9. The number of halogens is 3. The van der Waals surface area contributed by atoms with Crippen molar-refractivity contribution in [1.82, 2.24) is 9.97 Å². The number of hydrogen-bond donors (Lipinski definition) is 0. The predicted octanol–water partition coefficient (Wildman–Crippen LogP) is 4.07. The number of oxazole rings is 1. The molecule has 2 heterocycles. The van der Waals surface area contributed by atoms with Crippen LogP contribution >= 0.6 is 0 Å². The highest BCUT2D eigenvalue weighted by molar-refractivity contribution is 6.44. The lowest BCUT2D eigenvalue weighted by Crippen LogP contribution is -2.14. The molecule has 5 nitrogen and oxygen atoms in total. The molecule has 2 aromatic heterocycles. The third-order valence-corrected chi connectivity index (χ3v) is 3.59. The number of ketones is 2. The summed E-state index contributed by atoms with van der Waals surface area (Å²) in [6.07, 6.45) is -1.89. The first kappa shape index (κ1) is 16.8. The van der Waals surface area contributed by atoms with Crippen LogP contribution in [0.5, 0.6) is 0 Å². The summed E-state index contributed by atoms with van der Waals surface area (Å²) in [6, 6.07) is 4.33. The molecule has 3 rings (SSSR count). The maximum Gasteiger partial charge on any atom is 0.416 e. The number of carbonyl (C=O) groups is 2. The van der Waals surface area contributed by atoms with Gasteiger partial charge in [-0.15, -0.1) is 0 Å². The molecule has 8 heteroatoms. The zero-order valence-corrected chi connectivity index (χ0v) is 12.9. The summed E-state index contributed by atoms with van der Waals surface area (Å²) in [5.74, 6) is -1.41. The lowest BCUT2D eigenvalue weighted by Gasteiger charge is -2.04. The van der Waals surface area contributed by atoms with Gasteiger partial charge in [0.05, 0.1) is 16.7 Å². The van der Waals surface area contributed by atoms with Gasteiger partial charge in [0.1, 0.15) is 5.52 Å². The van der Waals surface area contributed by atoms with Crippen molar-refractivity contribution in [2.75, 3.05) is 0 Å². The van der Waals surface area contributed by atoms with Crippen LogP contribution in [0.4, 0.5) is 13.2 Å². The van der Waals surface area contributed by atoms with E-state index in [1.807, 2.05) is 0 Å². The van der Waals surface area contributed by atoms with Crippen molar-refractivity contribution in [2.24, 2.45) is 0 Å². The Kier molecular flexibility index (Phi) is 4.12. The van der Waals surface area contributed by atoms with Crippen LogP contribution in [-0.2, 0) is 11.0 Å². The maximum atomic E-state index is 12.8. The molecule has 128 valence electrons. The smallest absolute Gasteiger partial charge is 0.416 e. The van der Waals surface area contributed by atoms with Gasteiger partial charge in [-0.3, -0.25) is 14.6 Å². The predicted molar refractivity (Wildman–Crippen MR) is 81.9 cm³/mol. The Morgan fingerprint density at radius 1 is 1.20 bits per heavy atom. The Morgan fingerprint density at radius 2 is 1.96 bits per heavy atom.